The SMILES string of the molecule is COC(=O)c1ccc(S(=O)(=O)N2CCNC(C)C2)cc1OC.Cl. The highest BCUT2D eigenvalue weighted by molar-refractivity contribution is 7.89. The monoisotopic (exact) mass is 364 g/mol. The molecule has 0 spiro atoms. The predicted octanol–water partition coefficient (Wildman–Crippen LogP) is 0.886. The summed E-state index contributed by atoms with van der Waals surface area (Å²) in [5.41, 5.74) is 0.192. The van der Waals surface area contributed by atoms with Gasteiger partial charge in [0.2, 0.25) is 10.0 Å². The molecule has 1 aliphatic rings. The zero-order chi connectivity index (χ0) is 16.3. The lowest BCUT2D eigenvalue weighted by Crippen LogP contribution is -2.51. The van der Waals surface area contributed by atoms with Gasteiger partial charge in [0.05, 0.1) is 19.1 Å². The van der Waals surface area contributed by atoms with Gasteiger partial charge in [-0.15, -0.1) is 12.4 Å². The van der Waals surface area contributed by atoms with Crippen LogP contribution in [0.25, 0.3) is 0 Å². The maximum absolute atomic E-state index is 12.7. The van der Waals surface area contributed by atoms with Crippen molar-refractivity contribution >= 4 is 28.4 Å². The van der Waals surface area contributed by atoms with Crippen LogP contribution in [-0.4, -0.2) is 58.6 Å². The number of benzene rings is 1. The molecule has 1 heterocycles. The molecule has 1 unspecified atom stereocenters. The van der Waals surface area contributed by atoms with Gasteiger partial charge < -0.3 is 14.8 Å². The second-order valence-electron chi connectivity index (χ2n) is 5.07. The lowest BCUT2D eigenvalue weighted by Gasteiger charge is -2.31. The van der Waals surface area contributed by atoms with Crippen LogP contribution in [-0.2, 0) is 14.8 Å². The number of rotatable bonds is 4. The van der Waals surface area contributed by atoms with Crippen molar-refractivity contribution in [1.82, 2.24) is 9.62 Å². The normalized spacial score (nSPS) is 18.8. The van der Waals surface area contributed by atoms with Crippen LogP contribution in [0.3, 0.4) is 0 Å². The Balaban J connectivity index is 0.00000264. The minimum absolute atomic E-state index is 0. The first-order chi connectivity index (χ1) is 10.4. The Bertz CT molecular complexity index is 665. The van der Waals surface area contributed by atoms with Gasteiger partial charge in [0.1, 0.15) is 11.3 Å². The molecule has 1 fully saturated rings. The number of ether oxygens (including phenoxy) is 2. The topological polar surface area (TPSA) is 84.9 Å². The number of esters is 1. The van der Waals surface area contributed by atoms with Crippen molar-refractivity contribution in [2.45, 2.75) is 17.9 Å². The highest BCUT2D eigenvalue weighted by Crippen LogP contribution is 2.26. The molecule has 23 heavy (non-hydrogen) atoms. The molecular weight excluding hydrogens is 344 g/mol. The van der Waals surface area contributed by atoms with Gasteiger partial charge >= 0.3 is 5.97 Å². The number of nitrogens with one attached hydrogen (secondary N) is 1. The number of halogens is 1. The molecule has 1 aromatic carbocycles. The van der Waals surface area contributed by atoms with Crippen molar-refractivity contribution in [3.63, 3.8) is 0 Å². The van der Waals surface area contributed by atoms with Gasteiger partial charge in [-0.2, -0.15) is 4.31 Å². The van der Waals surface area contributed by atoms with Crippen LogP contribution < -0.4 is 10.1 Å². The van der Waals surface area contributed by atoms with Crippen LogP contribution >= 0.6 is 12.4 Å². The first kappa shape index (κ1) is 19.7. The van der Waals surface area contributed by atoms with Gasteiger partial charge in [0, 0.05) is 31.7 Å². The number of methoxy groups -OCH3 is 2. The van der Waals surface area contributed by atoms with E-state index in [1.807, 2.05) is 6.92 Å². The highest BCUT2D eigenvalue weighted by atomic mass is 35.5. The van der Waals surface area contributed by atoms with E-state index in [0.717, 1.165) is 0 Å². The standard InChI is InChI=1S/C14H20N2O5S.ClH/c1-10-9-16(7-6-15-10)22(18,19)11-4-5-12(14(17)21-3)13(8-11)20-2;/h4-5,8,10,15H,6-7,9H2,1-3H3;1H. The first-order valence-corrected chi connectivity index (χ1v) is 8.34. The van der Waals surface area contributed by atoms with E-state index in [-0.39, 0.29) is 34.7 Å². The lowest BCUT2D eigenvalue weighted by molar-refractivity contribution is 0.0597. The summed E-state index contributed by atoms with van der Waals surface area (Å²) < 4.78 is 36.6. The Morgan fingerprint density at radius 1 is 1.35 bits per heavy atom. The molecule has 0 bridgehead atoms. The summed E-state index contributed by atoms with van der Waals surface area (Å²) >= 11 is 0. The maximum Gasteiger partial charge on any atom is 0.341 e. The van der Waals surface area contributed by atoms with Crippen LogP contribution in [0.15, 0.2) is 23.1 Å². The fourth-order valence-electron chi connectivity index (χ4n) is 2.37. The summed E-state index contributed by atoms with van der Waals surface area (Å²) in [6.45, 7) is 3.36. The lowest BCUT2D eigenvalue weighted by atomic mass is 10.2. The number of hydrogen-bond acceptors (Lipinski definition) is 6. The molecule has 130 valence electrons. The number of carbonyl (C=O) groups excluding carboxylic acids is 1. The zero-order valence-corrected chi connectivity index (χ0v) is 14.9. The van der Waals surface area contributed by atoms with E-state index in [1.165, 1.54) is 36.7 Å². The Morgan fingerprint density at radius 2 is 2.04 bits per heavy atom. The van der Waals surface area contributed by atoms with E-state index in [0.29, 0.717) is 19.6 Å². The third-order valence-electron chi connectivity index (χ3n) is 3.55. The maximum atomic E-state index is 12.7. The summed E-state index contributed by atoms with van der Waals surface area (Å²) in [5, 5.41) is 3.20. The molecule has 1 aliphatic heterocycles. The van der Waals surface area contributed by atoms with Gasteiger partial charge in [-0.3, -0.25) is 0 Å². The van der Waals surface area contributed by atoms with Crippen molar-refractivity contribution in [1.29, 1.82) is 0 Å². The molecule has 0 aromatic heterocycles. The highest BCUT2D eigenvalue weighted by Gasteiger charge is 2.29. The summed E-state index contributed by atoms with van der Waals surface area (Å²) in [6.07, 6.45) is 0. The zero-order valence-electron chi connectivity index (χ0n) is 13.2. The van der Waals surface area contributed by atoms with Gasteiger partial charge in [0.15, 0.2) is 0 Å². The van der Waals surface area contributed by atoms with E-state index in [1.54, 1.807) is 0 Å². The van der Waals surface area contributed by atoms with Crippen molar-refractivity contribution in [3.8, 4) is 5.75 Å². The number of hydrogen-bond donors (Lipinski definition) is 1. The van der Waals surface area contributed by atoms with Crippen molar-refractivity contribution < 1.29 is 22.7 Å². The summed E-state index contributed by atoms with van der Waals surface area (Å²) in [6, 6.07) is 4.26. The number of carbonyl (C=O) groups is 1. The van der Waals surface area contributed by atoms with E-state index >= 15 is 0 Å². The van der Waals surface area contributed by atoms with Crippen molar-refractivity contribution in [2.24, 2.45) is 0 Å². The van der Waals surface area contributed by atoms with Crippen LogP contribution in [0, 0.1) is 0 Å². The largest absolute Gasteiger partial charge is 0.496 e. The Labute approximate surface area is 142 Å². The average molecular weight is 365 g/mol. The molecular formula is C14H21ClN2O5S. The number of piperazine rings is 1. The molecule has 1 atom stereocenters. The minimum Gasteiger partial charge on any atom is -0.496 e. The summed E-state index contributed by atoms with van der Waals surface area (Å²) in [5.74, 6) is -0.396. The quantitative estimate of drug-likeness (QED) is 0.798. The van der Waals surface area contributed by atoms with Gasteiger partial charge in [-0.05, 0) is 19.1 Å². The summed E-state index contributed by atoms with van der Waals surface area (Å²) in [4.78, 5) is 11.7. The summed E-state index contributed by atoms with van der Waals surface area (Å²) in [7, 11) is -0.977. The van der Waals surface area contributed by atoms with Crippen molar-refractivity contribution in [2.75, 3.05) is 33.9 Å². The fourth-order valence-corrected chi connectivity index (χ4v) is 3.92. The number of nitrogens with zero attached hydrogens (tertiary/aromatic N) is 1. The Morgan fingerprint density at radius 3 is 2.61 bits per heavy atom. The van der Waals surface area contributed by atoms with Gasteiger partial charge in [-0.1, -0.05) is 0 Å². The minimum atomic E-state index is -3.62. The molecule has 0 aliphatic carbocycles. The van der Waals surface area contributed by atoms with E-state index in [2.05, 4.69) is 10.1 Å². The van der Waals surface area contributed by atoms with Crippen LogP contribution in [0.1, 0.15) is 17.3 Å². The van der Waals surface area contributed by atoms with E-state index in [9.17, 15) is 13.2 Å². The number of sulfonamides is 1. The Kier molecular flexibility index (Phi) is 6.82. The third kappa shape index (κ3) is 4.14. The van der Waals surface area contributed by atoms with E-state index in [4.69, 9.17) is 4.74 Å². The van der Waals surface area contributed by atoms with E-state index < -0.39 is 16.0 Å². The molecule has 1 saturated heterocycles. The second kappa shape index (κ2) is 7.96. The Hall–Kier alpha value is -1.35. The molecule has 7 nitrogen and oxygen atoms in total. The van der Waals surface area contributed by atoms with Crippen molar-refractivity contribution in [3.05, 3.63) is 23.8 Å². The third-order valence-corrected chi connectivity index (χ3v) is 5.41. The average Bonchev–Trinajstić information content (AvgIpc) is 2.53. The van der Waals surface area contributed by atoms with Crippen LogP contribution in [0.2, 0.25) is 0 Å². The second-order valence-corrected chi connectivity index (χ2v) is 7.01. The molecule has 9 heteroatoms. The van der Waals surface area contributed by atoms with Crippen LogP contribution in [0.5, 0.6) is 5.75 Å². The van der Waals surface area contributed by atoms with Crippen LogP contribution in [0.4, 0.5) is 0 Å². The molecule has 0 radical (unpaired) electrons. The molecule has 1 aromatic rings. The molecule has 2 rings (SSSR count). The molecule has 0 amide bonds. The fraction of sp³-hybridized carbons (Fsp3) is 0.500. The van der Waals surface area contributed by atoms with Gasteiger partial charge in [0.25, 0.3) is 0 Å². The molecule has 1 N–H and O–H groups in total. The first-order valence-electron chi connectivity index (χ1n) is 6.90. The van der Waals surface area contributed by atoms with Gasteiger partial charge in [-0.25, -0.2) is 13.2 Å². The molecule has 0 saturated carbocycles. The smallest absolute Gasteiger partial charge is 0.341 e. The predicted molar refractivity (Wildman–Crippen MR) is 87.8 cm³/mol.